The van der Waals surface area contributed by atoms with Crippen molar-refractivity contribution in [3.05, 3.63) is 65.0 Å². The van der Waals surface area contributed by atoms with Gasteiger partial charge in [0.25, 0.3) is 0 Å². The van der Waals surface area contributed by atoms with Gasteiger partial charge in [0.1, 0.15) is 0 Å². The van der Waals surface area contributed by atoms with E-state index in [1.165, 1.54) is 16.7 Å². The predicted molar refractivity (Wildman–Crippen MR) is 75.4 cm³/mol. The fourth-order valence-corrected chi connectivity index (χ4v) is 2.14. The second-order valence-corrected chi connectivity index (χ2v) is 4.93. The zero-order valence-electron chi connectivity index (χ0n) is 11.1. The summed E-state index contributed by atoms with van der Waals surface area (Å²) in [7, 11) is 0. The second-order valence-electron chi connectivity index (χ2n) is 4.93. The molecule has 0 amide bonds. The van der Waals surface area contributed by atoms with Crippen LogP contribution in [0.1, 0.15) is 34.7 Å². The smallest absolute Gasteiger partial charge is 0.0315 e. The monoisotopic (exact) mass is 240 g/mol. The number of pyridine rings is 1. The summed E-state index contributed by atoms with van der Waals surface area (Å²) in [5, 5.41) is 0. The molecule has 1 aromatic heterocycles. The van der Waals surface area contributed by atoms with Gasteiger partial charge in [0.15, 0.2) is 0 Å². The first kappa shape index (κ1) is 12.8. The Morgan fingerprint density at radius 3 is 2.67 bits per heavy atom. The van der Waals surface area contributed by atoms with E-state index < -0.39 is 0 Å². The first-order valence-electron chi connectivity index (χ1n) is 6.38. The molecule has 1 heterocycles. The number of hydrogen-bond donors (Lipinski definition) is 1. The lowest BCUT2D eigenvalue weighted by atomic mass is 9.99. The van der Waals surface area contributed by atoms with Crippen LogP contribution >= 0.6 is 0 Å². The van der Waals surface area contributed by atoms with E-state index in [0.717, 1.165) is 18.4 Å². The highest BCUT2D eigenvalue weighted by molar-refractivity contribution is 5.24. The van der Waals surface area contributed by atoms with Crippen molar-refractivity contribution >= 4 is 0 Å². The molecular weight excluding hydrogens is 220 g/mol. The molecule has 2 rings (SSSR count). The van der Waals surface area contributed by atoms with Crippen molar-refractivity contribution in [2.75, 3.05) is 0 Å². The fraction of sp³-hybridized carbons (Fsp3) is 0.312. The molecule has 1 atom stereocenters. The topological polar surface area (TPSA) is 38.9 Å². The Kier molecular flexibility index (Phi) is 4.11. The Labute approximate surface area is 109 Å². The quantitative estimate of drug-likeness (QED) is 0.890. The van der Waals surface area contributed by atoms with Crippen LogP contribution in [-0.2, 0) is 6.42 Å². The first-order chi connectivity index (χ1) is 8.65. The van der Waals surface area contributed by atoms with E-state index in [1.54, 1.807) is 0 Å². The average Bonchev–Trinajstić information content (AvgIpc) is 2.36. The molecule has 0 aliphatic heterocycles. The Morgan fingerprint density at radius 2 is 1.94 bits per heavy atom. The molecular formula is C16H20N2. The molecule has 18 heavy (non-hydrogen) atoms. The molecule has 2 heteroatoms. The van der Waals surface area contributed by atoms with E-state index >= 15 is 0 Å². The average molecular weight is 240 g/mol. The van der Waals surface area contributed by atoms with Gasteiger partial charge in [-0.1, -0.05) is 35.9 Å². The minimum absolute atomic E-state index is 0.0675. The summed E-state index contributed by atoms with van der Waals surface area (Å²) in [5.41, 5.74) is 11.2. The normalized spacial score (nSPS) is 12.4. The molecule has 2 aromatic rings. The van der Waals surface area contributed by atoms with E-state index in [1.807, 2.05) is 19.3 Å². The largest absolute Gasteiger partial charge is 0.324 e. The molecule has 94 valence electrons. The summed E-state index contributed by atoms with van der Waals surface area (Å²) < 4.78 is 0. The van der Waals surface area contributed by atoms with Gasteiger partial charge in [-0.15, -0.1) is 0 Å². The van der Waals surface area contributed by atoms with E-state index in [9.17, 15) is 0 Å². The number of hydrogen-bond acceptors (Lipinski definition) is 2. The standard InChI is InChI=1S/C16H20N2/c1-12-4-3-5-14(8-12)6-7-16(17)15-9-13(2)10-18-11-15/h3-5,8-11,16H,6-7,17H2,1-2H3. The van der Waals surface area contributed by atoms with Crippen LogP contribution in [0.25, 0.3) is 0 Å². The molecule has 1 aromatic carbocycles. The lowest BCUT2D eigenvalue weighted by Crippen LogP contribution is -2.11. The lowest BCUT2D eigenvalue weighted by molar-refractivity contribution is 0.648. The third kappa shape index (κ3) is 3.41. The van der Waals surface area contributed by atoms with Crippen LogP contribution in [-0.4, -0.2) is 4.98 Å². The Balaban J connectivity index is 1.98. The first-order valence-corrected chi connectivity index (χ1v) is 6.38. The Hall–Kier alpha value is -1.67. The van der Waals surface area contributed by atoms with Gasteiger partial charge in [-0.25, -0.2) is 0 Å². The maximum absolute atomic E-state index is 6.21. The molecule has 0 aliphatic rings. The summed E-state index contributed by atoms with van der Waals surface area (Å²) in [4.78, 5) is 4.19. The molecule has 0 radical (unpaired) electrons. The summed E-state index contributed by atoms with van der Waals surface area (Å²) in [6.45, 7) is 4.16. The fourth-order valence-electron chi connectivity index (χ4n) is 2.14. The van der Waals surface area contributed by atoms with E-state index in [-0.39, 0.29) is 6.04 Å². The number of aryl methyl sites for hydroxylation is 3. The highest BCUT2D eigenvalue weighted by atomic mass is 14.7. The number of benzene rings is 1. The van der Waals surface area contributed by atoms with Crippen molar-refractivity contribution in [3.8, 4) is 0 Å². The van der Waals surface area contributed by atoms with Gasteiger partial charge in [0.05, 0.1) is 0 Å². The van der Waals surface area contributed by atoms with Crippen molar-refractivity contribution in [2.45, 2.75) is 32.7 Å². The summed E-state index contributed by atoms with van der Waals surface area (Å²) >= 11 is 0. The van der Waals surface area contributed by atoms with Crippen LogP contribution in [0.4, 0.5) is 0 Å². The minimum atomic E-state index is 0.0675. The number of aromatic nitrogens is 1. The van der Waals surface area contributed by atoms with Crippen molar-refractivity contribution in [1.82, 2.24) is 4.98 Å². The molecule has 0 aliphatic carbocycles. The third-order valence-electron chi connectivity index (χ3n) is 3.15. The SMILES string of the molecule is Cc1cccc(CCC(N)c2cncc(C)c2)c1. The summed E-state index contributed by atoms with van der Waals surface area (Å²) in [6.07, 6.45) is 5.69. The van der Waals surface area contributed by atoms with Crippen LogP contribution in [0, 0.1) is 13.8 Å². The van der Waals surface area contributed by atoms with Gasteiger partial charge >= 0.3 is 0 Å². The van der Waals surface area contributed by atoms with Gasteiger partial charge in [-0.2, -0.15) is 0 Å². The highest BCUT2D eigenvalue weighted by Gasteiger charge is 2.07. The lowest BCUT2D eigenvalue weighted by Gasteiger charge is -2.12. The molecule has 0 bridgehead atoms. The molecule has 2 nitrogen and oxygen atoms in total. The van der Waals surface area contributed by atoms with Crippen molar-refractivity contribution < 1.29 is 0 Å². The number of rotatable bonds is 4. The number of nitrogens with two attached hydrogens (primary N) is 1. The van der Waals surface area contributed by atoms with E-state index in [2.05, 4.69) is 42.2 Å². The molecule has 1 unspecified atom stereocenters. The van der Waals surface area contributed by atoms with Crippen molar-refractivity contribution in [3.63, 3.8) is 0 Å². The summed E-state index contributed by atoms with van der Waals surface area (Å²) in [6, 6.07) is 10.8. The Bertz CT molecular complexity index is 520. The van der Waals surface area contributed by atoms with Crippen LogP contribution in [0.5, 0.6) is 0 Å². The second kappa shape index (κ2) is 5.78. The molecule has 2 N–H and O–H groups in total. The Morgan fingerprint density at radius 1 is 1.11 bits per heavy atom. The van der Waals surface area contributed by atoms with Gasteiger partial charge in [-0.05, 0) is 43.4 Å². The summed E-state index contributed by atoms with van der Waals surface area (Å²) in [5.74, 6) is 0. The maximum Gasteiger partial charge on any atom is 0.0315 e. The minimum Gasteiger partial charge on any atom is -0.324 e. The highest BCUT2D eigenvalue weighted by Crippen LogP contribution is 2.17. The molecule has 0 saturated heterocycles. The van der Waals surface area contributed by atoms with Crippen molar-refractivity contribution in [2.24, 2.45) is 5.73 Å². The number of nitrogens with zero attached hydrogens (tertiary/aromatic N) is 1. The van der Waals surface area contributed by atoms with Crippen LogP contribution in [0.2, 0.25) is 0 Å². The molecule has 0 spiro atoms. The van der Waals surface area contributed by atoms with Gasteiger partial charge < -0.3 is 5.73 Å². The predicted octanol–water partition coefficient (Wildman–Crippen LogP) is 3.33. The van der Waals surface area contributed by atoms with Crippen molar-refractivity contribution in [1.29, 1.82) is 0 Å². The zero-order chi connectivity index (χ0) is 13.0. The van der Waals surface area contributed by atoms with E-state index in [4.69, 9.17) is 5.73 Å². The van der Waals surface area contributed by atoms with Crippen LogP contribution < -0.4 is 5.73 Å². The zero-order valence-corrected chi connectivity index (χ0v) is 11.1. The van der Waals surface area contributed by atoms with Gasteiger partial charge in [-0.3, -0.25) is 4.98 Å². The van der Waals surface area contributed by atoms with Crippen LogP contribution in [0.15, 0.2) is 42.7 Å². The molecule has 0 saturated carbocycles. The van der Waals surface area contributed by atoms with E-state index in [0.29, 0.717) is 0 Å². The maximum atomic E-state index is 6.21. The van der Waals surface area contributed by atoms with Gasteiger partial charge in [0.2, 0.25) is 0 Å². The third-order valence-corrected chi connectivity index (χ3v) is 3.15. The van der Waals surface area contributed by atoms with Crippen LogP contribution in [0.3, 0.4) is 0 Å². The molecule has 0 fully saturated rings. The van der Waals surface area contributed by atoms with Gasteiger partial charge in [0, 0.05) is 18.4 Å².